The average Bonchev–Trinajstić information content (AvgIpc) is 2.98. The molecule has 2 saturated heterocycles. The molecule has 0 aliphatic carbocycles. The standard InChI is InChI=1S/C14H17BrFNO2/c15-11-5-8(16)1-3-10(11)13(18)14(7-17)6-9-2-4-12(14)19-9/h1,3,5,9,12-13,18H,2,4,6-7,17H2. The summed E-state index contributed by atoms with van der Waals surface area (Å²) in [5.74, 6) is -0.325. The molecule has 1 aromatic rings. The number of halogens is 2. The summed E-state index contributed by atoms with van der Waals surface area (Å²) in [6, 6.07) is 4.35. The second-order valence-electron chi connectivity index (χ2n) is 5.53. The number of aliphatic hydroxyl groups excluding tert-OH is 1. The zero-order chi connectivity index (χ0) is 13.6. The van der Waals surface area contributed by atoms with Crippen LogP contribution in [-0.2, 0) is 4.74 Å². The van der Waals surface area contributed by atoms with Crippen molar-refractivity contribution < 1.29 is 14.2 Å². The molecule has 2 fully saturated rings. The van der Waals surface area contributed by atoms with Crippen molar-refractivity contribution in [1.82, 2.24) is 0 Å². The lowest BCUT2D eigenvalue weighted by Crippen LogP contribution is -2.44. The number of nitrogens with two attached hydrogens (primary N) is 1. The van der Waals surface area contributed by atoms with Crippen LogP contribution in [0.15, 0.2) is 22.7 Å². The molecule has 0 spiro atoms. The number of ether oxygens (including phenoxy) is 1. The topological polar surface area (TPSA) is 55.5 Å². The van der Waals surface area contributed by atoms with E-state index in [4.69, 9.17) is 10.5 Å². The third kappa shape index (κ3) is 2.03. The molecule has 0 aromatic heterocycles. The van der Waals surface area contributed by atoms with Crippen LogP contribution in [0.5, 0.6) is 0 Å². The summed E-state index contributed by atoms with van der Waals surface area (Å²) in [7, 11) is 0. The van der Waals surface area contributed by atoms with E-state index in [-0.39, 0.29) is 18.0 Å². The molecule has 2 bridgehead atoms. The summed E-state index contributed by atoms with van der Waals surface area (Å²) < 4.78 is 19.6. The average molecular weight is 330 g/mol. The van der Waals surface area contributed by atoms with Crippen molar-refractivity contribution in [3.8, 4) is 0 Å². The maximum absolute atomic E-state index is 13.2. The number of hydrogen-bond donors (Lipinski definition) is 2. The molecule has 3 rings (SSSR count). The second kappa shape index (κ2) is 4.81. The molecule has 19 heavy (non-hydrogen) atoms. The van der Waals surface area contributed by atoms with Crippen molar-refractivity contribution in [3.05, 3.63) is 34.1 Å². The molecule has 4 unspecified atom stereocenters. The Morgan fingerprint density at radius 1 is 1.53 bits per heavy atom. The van der Waals surface area contributed by atoms with Crippen LogP contribution < -0.4 is 5.73 Å². The first-order chi connectivity index (χ1) is 9.06. The first kappa shape index (κ1) is 13.5. The molecule has 4 atom stereocenters. The molecule has 104 valence electrons. The monoisotopic (exact) mass is 329 g/mol. The normalized spacial score (nSPS) is 34.7. The van der Waals surface area contributed by atoms with E-state index in [1.165, 1.54) is 12.1 Å². The van der Waals surface area contributed by atoms with E-state index in [0.29, 0.717) is 16.6 Å². The van der Waals surface area contributed by atoms with E-state index >= 15 is 0 Å². The Kier molecular flexibility index (Phi) is 3.41. The summed E-state index contributed by atoms with van der Waals surface area (Å²) in [6.07, 6.45) is 2.25. The van der Waals surface area contributed by atoms with Gasteiger partial charge in [-0.2, -0.15) is 0 Å². The van der Waals surface area contributed by atoms with Gasteiger partial charge in [-0.15, -0.1) is 0 Å². The van der Waals surface area contributed by atoms with Gasteiger partial charge in [-0.05, 0) is 37.0 Å². The zero-order valence-electron chi connectivity index (χ0n) is 10.5. The predicted molar refractivity (Wildman–Crippen MR) is 73.1 cm³/mol. The van der Waals surface area contributed by atoms with Crippen LogP contribution in [0.4, 0.5) is 4.39 Å². The third-order valence-corrected chi connectivity index (χ3v) is 5.22. The van der Waals surface area contributed by atoms with Crippen molar-refractivity contribution >= 4 is 15.9 Å². The van der Waals surface area contributed by atoms with E-state index in [1.54, 1.807) is 6.07 Å². The summed E-state index contributed by atoms with van der Waals surface area (Å²) in [5, 5.41) is 10.8. The van der Waals surface area contributed by atoms with Crippen molar-refractivity contribution in [2.75, 3.05) is 6.54 Å². The van der Waals surface area contributed by atoms with Gasteiger partial charge in [0, 0.05) is 16.4 Å². The maximum Gasteiger partial charge on any atom is 0.124 e. The van der Waals surface area contributed by atoms with Crippen molar-refractivity contribution in [2.24, 2.45) is 11.1 Å². The first-order valence-electron chi connectivity index (χ1n) is 6.55. The Balaban J connectivity index is 1.96. The quantitative estimate of drug-likeness (QED) is 0.895. The Hall–Kier alpha value is -0.490. The molecule has 5 heteroatoms. The van der Waals surface area contributed by atoms with Gasteiger partial charge in [0.1, 0.15) is 5.82 Å². The number of hydrogen-bond acceptors (Lipinski definition) is 3. The lowest BCUT2D eigenvalue weighted by atomic mass is 9.68. The smallest absolute Gasteiger partial charge is 0.124 e. The fraction of sp³-hybridized carbons (Fsp3) is 0.571. The van der Waals surface area contributed by atoms with Gasteiger partial charge in [0.25, 0.3) is 0 Å². The van der Waals surface area contributed by atoms with Crippen LogP contribution >= 0.6 is 15.9 Å². The molecule has 2 heterocycles. The summed E-state index contributed by atoms with van der Waals surface area (Å²) in [4.78, 5) is 0. The van der Waals surface area contributed by atoms with Crippen molar-refractivity contribution in [1.29, 1.82) is 0 Å². The molecule has 0 radical (unpaired) electrons. The third-order valence-electron chi connectivity index (χ3n) is 4.54. The van der Waals surface area contributed by atoms with Crippen LogP contribution in [0.1, 0.15) is 30.9 Å². The highest BCUT2D eigenvalue weighted by Crippen LogP contribution is 2.54. The lowest BCUT2D eigenvalue weighted by Gasteiger charge is -2.39. The summed E-state index contributed by atoms with van der Waals surface area (Å²) in [5.41, 5.74) is 6.19. The van der Waals surface area contributed by atoms with Crippen LogP contribution in [0.25, 0.3) is 0 Å². The molecule has 0 amide bonds. The predicted octanol–water partition coefficient (Wildman–Crippen LogP) is 2.52. The minimum absolute atomic E-state index is 0.00875. The van der Waals surface area contributed by atoms with Gasteiger partial charge < -0.3 is 15.6 Å². The number of rotatable bonds is 3. The van der Waals surface area contributed by atoms with E-state index in [0.717, 1.165) is 19.3 Å². The van der Waals surface area contributed by atoms with Crippen LogP contribution in [0.2, 0.25) is 0 Å². The van der Waals surface area contributed by atoms with Gasteiger partial charge in [0.2, 0.25) is 0 Å². The van der Waals surface area contributed by atoms with Gasteiger partial charge in [-0.3, -0.25) is 0 Å². The Morgan fingerprint density at radius 3 is 2.84 bits per heavy atom. The highest BCUT2D eigenvalue weighted by molar-refractivity contribution is 9.10. The molecule has 0 saturated carbocycles. The highest BCUT2D eigenvalue weighted by Gasteiger charge is 2.55. The fourth-order valence-electron chi connectivity index (χ4n) is 3.48. The Bertz CT molecular complexity index is 498. The van der Waals surface area contributed by atoms with Crippen LogP contribution in [-0.4, -0.2) is 23.9 Å². The Morgan fingerprint density at radius 2 is 2.32 bits per heavy atom. The van der Waals surface area contributed by atoms with E-state index in [1.807, 2.05) is 0 Å². The Labute approximate surface area is 120 Å². The minimum Gasteiger partial charge on any atom is -0.388 e. The molecule has 2 aliphatic rings. The molecule has 1 aromatic carbocycles. The molecule has 3 N–H and O–H groups in total. The maximum atomic E-state index is 13.2. The van der Waals surface area contributed by atoms with Crippen molar-refractivity contribution in [2.45, 2.75) is 37.6 Å². The zero-order valence-corrected chi connectivity index (χ0v) is 12.1. The van der Waals surface area contributed by atoms with E-state index in [9.17, 15) is 9.50 Å². The molecular formula is C14H17BrFNO2. The van der Waals surface area contributed by atoms with Crippen LogP contribution in [0, 0.1) is 11.2 Å². The summed E-state index contributed by atoms with van der Waals surface area (Å²) in [6.45, 7) is 0.374. The number of fused-ring (bicyclic) bond motifs is 2. The van der Waals surface area contributed by atoms with Gasteiger partial charge in [-0.1, -0.05) is 22.0 Å². The highest BCUT2D eigenvalue weighted by atomic mass is 79.9. The van der Waals surface area contributed by atoms with Crippen molar-refractivity contribution in [3.63, 3.8) is 0 Å². The SMILES string of the molecule is NCC1(C(O)c2ccc(F)cc2Br)CC2CCC1O2. The molecule has 2 aliphatic heterocycles. The fourth-order valence-corrected chi connectivity index (χ4v) is 4.05. The van der Waals surface area contributed by atoms with E-state index in [2.05, 4.69) is 15.9 Å². The number of aliphatic hydroxyl groups is 1. The minimum atomic E-state index is -0.734. The van der Waals surface area contributed by atoms with Gasteiger partial charge in [0.15, 0.2) is 0 Å². The van der Waals surface area contributed by atoms with Gasteiger partial charge in [-0.25, -0.2) is 4.39 Å². The van der Waals surface area contributed by atoms with E-state index < -0.39 is 11.5 Å². The molecule has 3 nitrogen and oxygen atoms in total. The van der Waals surface area contributed by atoms with Gasteiger partial charge >= 0.3 is 0 Å². The summed E-state index contributed by atoms with van der Waals surface area (Å²) >= 11 is 3.32. The van der Waals surface area contributed by atoms with Crippen LogP contribution in [0.3, 0.4) is 0 Å². The lowest BCUT2D eigenvalue weighted by molar-refractivity contribution is -0.0267. The number of benzene rings is 1. The first-order valence-corrected chi connectivity index (χ1v) is 7.34. The second-order valence-corrected chi connectivity index (χ2v) is 6.39. The molecular weight excluding hydrogens is 313 g/mol. The largest absolute Gasteiger partial charge is 0.388 e. The van der Waals surface area contributed by atoms with Gasteiger partial charge in [0.05, 0.1) is 18.3 Å².